The molecule has 1 aromatic carbocycles. The van der Waals surface area contributed by atoms with Gasteiger partial charge in [0.1, 0.15) is 6.61 Å². The number of H-pyrrole nitrogens is 1. The van der Waals surface area contributed by atoms with Gasteiger partial charge in [0.2, 0.25) is 5.88 Å². The second-order valence-corrected chi connectivity index (χ2v) is 6.96. The topological polar surface area (TPSA) is 62.8 Å². The summed E-state index contributed by atoms with van der Waals surface area (Å²) in [5.74, 6) is 0.612. The van der Waals surface area contributed by atoms with Crippen LogP contribution in [-0.2, 0) is 6.54 Å². The number of hydrogen-bond acceptors (Lipinski definition) is 4. The summed E-state index contributed by atoms with van der Waals surface area (Å²) in [6.45, 7) is 5.50. The van der Waals surface area contributed by atoms with Gasteiger partial charge in [-0.3, -0.25) is 5.10 Å². The Morgan fingerprint density at radius 1 is 1.30 bits per heavy atom. The fourth-order valence-electron chi connectivity index (χ4n) is 2.21. The molecule has 0 spiro atoms. The highest BCUT2D eigenvalue weighted by molar-refractivity contribution is 9.10. The molecular formula is C17H19BrN4O. The Bertz CT molecular complexity index is 800. The molecular weight excluding hydrogens is 356 g/mol. The van der Waals surface area contributed by atoms with Gasteiger partial charge in [-0.15, -0.1) is 0 Å². The molecule has 2 N–H and O–H groups in total. The van der Waals surface area contributed by atoms with Gasteiger partial charge in [-0.25, -0.2) is 4.98 Å². The Kier molecular flexibility index (Phi) is 4.63. The predicted molar refractivity (Wildman–Crippen MR) is 94.4 cm³/mol. The summed E-state index contributed by atoms with van der Waals surface area (Å²) in [6.07, 6.45) is 3.55. The number of rotatable bonds is 6. The van der Waals surface area contributed by atoms with Crippen molar-refractivity contribution in [2.45, 2.75) is 25.9 Å². The SMILES string of the molecule is CC(C)(COc1ncccc1Br)NCc1ccc2cn[nH]c2c1. The highest BCUT2D eigenvalue weighted by atomic mass is 79.9. The van der Waals surface area contributed by atoms with E-state index in [9.17, 15) is 0 Å². The van der Waals surface area contributed by atoms with Crippen LogP contribution in [0.4, 0.5) is 0 Å². The number of hydrogen-bond donors (Lipinski definition) is 2. The molecule has 0 saturated heterocycles. The Balaban J connectivity index is 1.58. The van der Waals surface area contributed by atoms with E-state index in [4.69, 9.17) is 4.74 Å². The third-order valence-corrected chi connectivity index (χ3v) is 4.18. The lowest BCUT2D eigenvalue weighted by Gasteiger charge is -2.26. The van der Waals surface area contributed by atoms with Crippen LogP contribution in [0.3, 0.4) is 0 Å². The van der Waals surface area contributed by atoms with Crippen molar-refractivity contribution in [3.8, 4) is 5.88 Å². The molecule has 0 aliphatic carbocycles. The number of halogens is 1. The summed E-state index contributed by atoms with van der Waals surface area (Å²) in [5.41, 5.74) is 2.07. The summed E-state index contributed by atoms with van der Waals surface area (Å²) in [5, 5.41) is 11.7. The summed E-state index contributed by atoms with van der Waals surface area (Å²) >= 11 is 3.44. The van der Waals surface area contributed by atoms with E-state index in [1.165, 1.54) is 5.56 Å². The van der Waals surface area contributed by atoms with Crippen LogP contribution in [0.2, 0.25) is 0 Å². The maximum atomic E-state index is 5.81. The predicted octanol–water partition coefficient (Wildman–Crippen LogP) is 3.67. The van der Waals surface area contributed by atoms with Gasteiger partial charge >= 0.3 is 0 Å². The lowest BCUT2D eigenvalue weighted by molar-refractivity contribution is 0.200. The molecule has 0 unspecified atom stereocenters. The molecule has 5 nitrogen and oxygen atoms in total. The summed E-state index contributed by atoms with van der Waals surface area (Å²) in [7, 11) is 0. The Labute approximate surface area is 143 Å². The van der Waals surface area contributed by atoms with Crippen molar-refractivity contribution in [1.82, 2.24) is 20.5 Å². The van der Waals surface area contributed by atoms with Crippen LogP contribution in [0.25, 0.3) is 10.9 Å². The van der Waals surface area contributed by atoms with Crippen molar-refractivity contribution in [2.24, 2.45) is 0 Å². The van der Waals surface area contributed by atoms with Gasteiger partial charge < -0.3 is 10.1 Å². The molecule has 0 aliphatic heterocycles. The van der Waals surface area contributed by atoms with Crippen LogP contribution in [0, 0.1) is 0 Å². The van der Waals surface area contributed by atoms with Crippen LogP contribution in [0.5, 0.6) is 5.88 Å². The van der Waals surface area contributed by atoms with Gasteiger partial charge in [-0.2, -0.15) is 5.10 Å². The van der Waals surface area contributed by atoms with E-state index in [1.807, 2.05) is 18.3 Å². The van der Waals surface area contributed by atoms with Crippen molar-refractivity contribution in [1.29, 1.82) is 0 Å². The molecule has 23 heavy (non-hydrogen) atoms. The second-order valence-electron chi connectivity index (χ2n) is 6.11. The zero-order valence-corrected chi connectivity index (χ0v) is 14.7. The molecule has 2 aromatic heterocycles. The quantitative estimate of drug-likeness (QED) is 0.690. The third-order valence-electron chi connectivity index (χ3n) is 3.57. The van der Waals surface area contributed by atoms with Crippen molar-refractivity contribution in [2.75, 3.05) is 6.61 Å². The molecule has 120 valence electrons. The highest BCUT2D eigenvalue weighted by Crippen LogP contribution is 2.22. The van der Waals surface area contributed by atoms with E-state index in [0.717, 1.165) is 21.9 Å². The van der Waals surface area contributed by atoms with E-state index in [0.29, 0.717) is 12.5 Å². The first-order chi connectivity index (χ1) is 11.0. The first-order valence-electron chi connectivity index (χ1n) is 7.44. The Morgan fingerprint density at radius 2 is 2.17 bits per heavy atom. The monoisotopic (exact) mass is 374 g/mol. The van der Waals surface area contributed by atoms with Crippen LogP contribution in [0.1, 0.15) is 19.4 Å². The van der Waals surface area contributed by atoms with Crippen molar-refractivity contribution < 1.29 is 4.74 Å². The van der Waals surface area contributed by atoms with Crippen LogP contribution >= 0.6 is 15.9 Å². The normalized spacial score (nSPS) is 11.8. The number of nitrogens with one attached hydrogen (secondary N) is 2. The number of aromatic amines is 1. The minimum atomic E-state index is -0.181. The lowest BCUT2D eigenvalue weighted by Crippen LogP contribution is -2.44. The standard InChI is InChI=1S/C17H19BrN4O/c1-17(2,11-23-16-14(18)4-3-7-19-16)20-9-12-5-6-13-10-21-22-15(13)8-12/h3-8,10,20H,9,11H2,1-2H3,(H,21,22). The van der Waals surface area contributed by atoms with Gasteiger partial charge in [0, 0.05) is 23.7 Å². The third kappa shape index (κ3) is 4.09. The van der Waals surface area contributed by atoms with Crippen LogP contribution in [-0.4, -0.2) is 27.3 Å². The highest BCUT2D eigenvalue weighted by Gasteiger charge is 2.19. The first kappa shape index (κ1) is 16.0. The molecule has 0 bridgehead atoms. The zero-order chi connectivity index (χ0) is 16.3. The average Bonchev–Trinajstić information content (AvgIpc) is 3.00. The maximum absolute atomic E-state index is 5.81. The summed E-state index contributed by atoms with van der Waals surface area (Å²) in [6, 6.07) is 10.1. The number of ether oxygens (including phenoxy) is 1. The first-order valence-corrected chi connectivity index (χ1v) is 8.23. The second kappa shape index (κ2) is 6.68. The molecule has 3 aromatic rings. The van der Waals surface area contributed by atoms with Gasteiger partial charge in [0.25, 0.3) is 0 Å². The minimum Gasteiger partial charge on any atom is -0.475 e. The molecule has 0 amide bonds. The molecule has 2 heterocycles. The van der Waals surface area contributed by atoms with Crippen molar-refractivity contribution in [3.05, 3.63) is 52.8 Å². The van der Waals surface area contributed by atoms with Crippen LogP contribution < -0.4 is 10.1 Å². The van der Waals surface area contributed by atoms with E-state index in [1.54, 1.807) is 6.20 Å². The number of fused-ring (bicyclic) bond motifs is 1. The molecule has 3 rings (SSSR count). The van der Waals surface area contributed by atoms with Crippen molar-refractivity contribution in [3.63, 3.8) is 0 Å². The summed E-state index contributed by atoms with van der Waals surface area (Å²) < 4.78 is 6.67. The maximum Gasteiger partial charge on any atom is 0.227 e. The number of nitrogens with zero attached hydrogens (tertiary/aromatic N) is 2. The van der Waals surface area contributed by atoms with Gasteiger partial charge in [0.15, 0.2) is 0 Å². The Morgan fingerprint density at radius 3 is 3.00 bits per heavy atom. The molecule has 6 heteroatoms. The molecule has 0 saturated carbocycles. The molecule has 0 atom stereocenters. The molecule has 0 radical (unpaired) electrons. The Hall–Kier alpha value is -1.92. The summed E-state index contributed by atoms with van der Waals surface area (Å²) in [4.78, 5) is 4.22. The van der Waals surface area contributed by atoms with Gasteiger partial charge in [-0.1, -0.05) is 12.1 Å². The van der Waals surface area contributed by atoms with Gasteiger partial charge in [-0.05, 0) is 53.5 Å². The average molecular weight is 375 g/mol. The fourth-order valence-corrected chi connectivity index (χ4v) is 2.58. The smallest absolute Gasteiger partial charge is 0.227 e. The van der Waals surface area contributed by atoms with Crippen molar-refractivity contribution >= 4 is 26.8 Å². The number of pyridine rings is 1. The van der Waals surface area contributed by atoms with E-state index >= 15 is 0 Å². The minimum absolute atomic E-state index is 0.181. The largest absolute Gasteiger partial charge is 0.475 e. The molecule has 0 aliphatic rings. The van der Waals surface area contributed by atoms with E-state index < -0.39 is 0 Å². The molecule has 0 fully saturated rings. The fraction of sp³-hybridized carbons (Fsp3) is 0.294. The number of aromatic nitrogens is 3. The van der Waals surface area contributed by atoms with Gasteiger partial charge in [0.05, 0.1) is 16.2 Å². The van der Waals surface area contributed by atoms with E-state index in [2.05, 4.69) is 68.5 Å². The zero-order valence-electron chi connectivity index (χ0n) is 13.1. The number of benzene rings is 1. The van der Waals surface area contributed by atoms with Crippen LogP contribution in [0.15, 0.2) is 47.2 Å². The lowest BCUT2D eigenvalue weighted by atomic mass is 10.1. The van der Waals surface area contributed by atoms with E-state index in [-0.39, 0.29) is 5.54 Å².